The monoisotopic (exact) mass is 252 g/mol. The number of hydrogen-bond acceptors (Lipinski definition) is 5. The van der Waals surface area contributed by atoms with Crippen molar-refractivity contribution in [1.29, 1.82) is 0 Å². The first-order valence-corrected chi connectivity index (χ1v) is 6.03. The lowest BCUT2D eigenvalue weighted by Crippen LogP contribution is -2.21. The van der Waals surface area contributed by atoms with Crippen LogP contribution in [-0.2, 0) is 6.54 Å². The number of aromatic nitrogens is 1. The van der Waals surface area contributed by atoms with Gasteiger partial charge in [0.1, 0.15) is 5.69 Å². The van der Waals surface area contributed by atoms with Gasteiger partial charge in [0.15, 0.2) is 5.84 Å². The SMILES string of the molecule is N/C(=N/O)c1ncccc1CNCCCCCO. The topological polar surface area (TPSA) is 104 Å². The highest BCUT2D eigenvalue weighted by Crippen LogP contribution is 2.04. The number of amidine groups is 1. The van der Waals surface area contributed by atoms with Crippen LogP contribution in [0.15, 0.2) is 23.5 Å². The molecule has 0 amide bonds. The Morgan fingerprint density at radius 3 is 2.94 bits per heavy atom. The molecule has 0 unspecified atom stereocenters. The fourth-order valence-electron chi connectivity index (χ4n) is 1.62. The summed E-state index contributed by atoms with van der Waals surface area (Å²) in [6.07, 6.45) is 4.46. The minimum absolute atomic E-state index is 0.0210. The maximum absolute atomic E-state index is 8.66. The van der Waals surface area contributed by atoms with Crippen molar-refractivity contribution in [2.24, 2.45) is 10.9 Å². The largest absolute Gasteiger partial charge is 0.409 e. The molecule has 100 valence electrons. The Balaban J connectivity index is 2.42. The summed E-state index contributed by atoms with van der Waals surface area (Å²) < 4.78 is 0. The highest BCUT2D eigenvalue weighted by atomic mass is 16.4. The predicted molar refractivity (Wildman–Crippen MR) is 69.4 cm³/mol. The number of nitrogens with zero attached hydrogens (tertiary/aromatic N) is 2. The molecule has 0 spiro atoms. The van der Waals surface area contributed by atoms with Gasteiger partial charge >= 0.3 is 0 Å². The minimum Gasteiger partial charge on any atom is -0.409 e. The lowest BCUT2D eigenvalue weighted by atomic mass is 10.1. The first-order chi connectivity index (χ1) is 8.79. The quantitative estimate of drug-likeness (QED) is 0.177. The summed E-state index contributed by atoms with van der Waals surface area (Å²) in [5, 5.41) is 23.5. The third-order valence-electron chi connectivity index (χ3n) is 2.57. The van der Waals surface area contributed by atoms with Gasteiger partial charge in [-0.15, -0.1) is 0 Å². The summed E-state index contributed by atoms with van der Waals surface area (Å²) in [6, 6.07) is 3.71. The van der Waals surface area contributed by atoms with E-state index in [9.17, 15) is 0 Å². The molecule has 0 atom stereocenters. The van der Waals surface area contributed by atoms with Crippen LogP contribution in [0.2, 0.25) is 0 Å². The minimum atomic E-state index is 0.0210. The highest BCUT2D eigenvalue weighted by Gasteiger charge is 2.07. The van der Waals surface area contributed by atoms with E-state index in [2.05, 4.69) is 15.5 Å². The smallest absolute Gasteiger partial charge is 0.189 e. The van der Waals surface area contributed by atoms with E-state index in [1.807, 2.05) is 12.1 Å². The number of aliphatic hydroxyl groups is 1. The molecule has 1 aromatic rings. The van der Waals surface area contributed by atoms with E-state index in [1.165, 1.54) is 0 Å². The standard InChI is InChI=1S/C12H20N4O2/c13-12(16-18)11-10(5-4-7-15-11)9-14-6-2-1-3-8-17/h4-5,7,14,17-18H,1-3,6,8-9H2,(H2,13,16). The van der Waals surface area contributed by atoms with Crippen molar-refractivity contribution in [2.75, 3.05) is 13.2 Å². The molecule has 5 N–H and O–H groups in total. The fraction of sp³-hybridized carbons (Fsp3) is 0.500. The lowest BCUT2D eigenvalue weighted by Gasteiger charge is -2.08. The number of nitrogens with one attached hydrogen (secondary N) is 1. The van der Waals surface area contributed by atoms with Crippen LogP contribution in [0.1, 0.15) is 30.5 Å². The first-order valence-electron chi connectivity index (χ1n) is 6.03. The second-order valence-corrected chi connectivity index (χ2v) is 3.96. The molecule has 0 fully saturated rings. The molecule has 1 rings (SSSR count). The van der Waals surface area contributed by atoms with Gasteiger partial charge in [0.05, 0.1) is 0 Å². The molecule has 1 aromatic heterocycles. The third kappa shape index (κ3) is 4.68. The van der Waals surface area contributed by atoms with Crippen molar-refractivity contribution in [3.05, 3.63) is 29.6 Å². The number of pyridine rings is 1. The van der Waals surface area contributed by atoms with Gasteiger partial charge in [-0.25, -0.2) is 0 Å². The average molecular weight is 252 g/mol. The van der Waals surface area contributed by atoms with E-state index < -0.39 is 0 Å². The molecule has 6 heteroatoms. The number of rotatable bonds is 8. The summed E-state index contributed by atoms with van der Waals surface area (Å²) in [5.41, 5.74) is 6.95. The van der Waals surface area contributed by atoms with Crippen molar-refractivity contribution in [3.63, 3.8) is 0 Å². The van der Waals surface area contributed by atoms with E-state index in [4.69, 9.17) is 16.0 Å². The maximum atomic E-state index is 8.66. The Bertz CT molecular complexity index is 382. The van der Waals surface area contributed by atoms with E-state index >= 15 is 0 Å². The lowest BCUT2D eigenvalue weighted by molar-refractivity contribution is 0.283. The molecule has 0 aliphatic heterocycles. The van der Waals surface area contributed by atoms with Crippen molar-refractivity contribution in [3.8, 4) is 0 Å². The summed E-state index contributed by atoms with van der Waals surface area (Å²) in [5.74, 6) is 0.0210. The van der Waals surface area contributed by atoms with Crippen LogP contribution in [0.4, 0.5) is 0 Å². The second-order valence-electron chi connectivity index (χ2n) is 3.96. The number of hydrogen-bond donors (Lipinski definition) is 4. The van der Waals surface area contributed by atoms with Gasteiger partial charge in [-0.05, 0) is 37.4 Å². The first kappa shape index (κ1) is 14.4. The van der Waals surface area contributed by atoms with E-state index in [-0.39, 0.29) is 12.4 Å². The summed E-state index contributed by atoms with van der Waals surface area (Å²) >= 11 is 0. The average Bonchev–Trinajstić information content (AvgIpc) is 2.42. The van der Waals surface area contributed by atoms with Gasteiger partial charge in [0, 0.05) is 19.3 Å². The zero-order valence-corrected chi connectivity index (χ0v) is 10.3. The van der Waals surface area contributed by atoms with Crippen LogP contribution in [0, 0.1) is 0 Å². The van der Waals surface area contributed by atoms with Crippen LogP contribution < -0.4 is 11.1 Å². The molecule has 0 aliphatic carbocycles. The Labute approximate surface area is 107 Å². The van der Waals surface area contributed by atoms with E-state index in [1.54, 1.807) is 6.20 Å². The van der Waals surface area contributed by atoms with Crippen LogP contribution in [0.3, 0.4) is 0 Å². The van der Waals surface area contributed by atoms with Crippen LogP contribution >= 0.6 is 0 Å². The molecule has 6 nitrogen and oxygen atoms in total. The molecule has 0 saturated carbocycles. The molecular formula is C12H20N4O2. The number of oxime groups is 1. The van der Waals surface area contributed by atoms with Gasteiger partial charge in [-0.2, -0.15) is 0 Å². The van der Waals surface area contributed by atoms with Gasteiger partial charge < -0.3 is 21.4 Å². The summed E-state index contributed by atoms with van der Waals surface area (Å²) in [4.78, 5) is 4.09. The Morgan fingerprint density at radius 1 is 1.39 bits per heavy atom. The molecule has 0 saturated heterocycles. The fourth-order valence-corrected chi connectivity index (χ4v) is 1.62. The number of nitrogens with two attached hydrogens (primary N) is 1. The Kier molecular flexibility index (Phi) is 6.75. The molecule has 0 radical (unpaired) electrons. The van der Waals surface area contributed by atoms with Crippen molar-refractivity contribution in [2.45, 2.75) is 25.8 Å². The molecular weight excluding hydrogens is 232 g/mol. The van der Waals surface area contributed by atoms with Gasteiger partial charge in [-0.1, -0.05) is 11.2 Å². The summed E-state index contributed by atoms with van der Waals surface area (Å²) in [6.45, 7) is 1.74. The molecule has 18 heavy (non-hydrogen) atoms. The van der Waals surface area contributed by atoms with Crippen LogP contribution in [-0.4, -0.2) is 34.3 Å². The Hall–Kier alpha value is -1.66. The predicted octanol–water partition coefficient (Wildman–Crippen LogP) is 0.428. The normalized spacial score (nSPS) is 11.7. The third-order valence-corrected chi connectivity index (χ3v) is 2.57. The van der Waals surface area contributed by atoms with Gasteiger partial charge in [0.25, 0.3) is 0 Å². The summed E-state index contributed by atoms with van der Waals surface area (Å²) in [7, 11) is 0. The molecule has 0 bridgehead atoms. The number of aliphatic hydroxyl groups excluding tert-OH is 1. The Morgan fingerprint density at radius 2 is 2.22 bits per heavy atom. The van der Waals surface area contributed by atoms with E-state index in [0.29, 0.717) is 12.2 Å². The molecule has 1 heterocycles. The number of unbranched alkanes of at least 4 members (excludes halogenated alkanes) is 2. The van der Waals surface area contributed by atoms with Crippen molar-refractivity contribution < 1.29 is 10.3 Å². The van der Waals surface area contributed by atoms with E-state index in [0.717, 1.165) is 31.4 Å². The van der Waals surface area contributed by atoms with Crippen molar-refractivity contribution in [1.82, 2.24) is 10.3 Å². The molecule has 0 aromatic carbocycles. The zero-order valence-electron chi connectivity index (χ0n) is 10.3. The zero-order chi connectivity index (χ0) is 13.2. The second kappa shape index (κ2) is 8.43. The van der Waals surface area contributed by atoms with Crippen molar-refractivity contribution >= 4 is 5.84 Å². The highest BCUT2D eigenvalue weighted by molar-refractivity contribution is 5.96. The van der Waals surface area contributed by atoms with Crippen LogP contribution in [0.25, 0.3) is 0 Å². The van der Waals surface area contributed by atoms with Gasteiger partial charge in [-0.3, -0.25) is 4.98 Å². The maximum Gasteiger partial charge on any atom is 0.189 e. The van der Waals surface area contributed by atoms with Crippen LogP contribution in [0.5, 0.6) is 0 Å². The molecule has 0 aliphatic rings. The van der Waals surface area contributed by atoms with Gasteiger partial charge in [0.2, 0.25) is 0 Å².